The second kappa shape index (κ2) is 16.5. The molecule has 0 saturated carbocycles. The van der Waals surface area contributed by atoms with Gasteiger partial charge >= 0.3 is 0 Å². The molecule has 2 heteroatoms. The van der Waals surface area contributed by atoms with Crippen molar-refractivity contribution in [2.45, 2.75) is 31.7 Å². The Morgan fingerprint density at radius 3 is 1.49 bits per heavy atom. The highest BCUT2D eigenvalue weighted by molar-refractivity contribution is 5.85. The predicted molar refractivity (Wildman–Crippen MR) is 242 cm³/mol. The number of rotatable bonds is 10. The molecule has 0 N–H and O–H groups in total. The number of para-hydroxylation sites is 1. The molecule has 276 valence electrons. The molecule has 2 aliphatic carbocycles. The van der Waals surface area contributed by atoms with E-state index in [1.54, 1.807) is 0 Å². The van der Waals surface area contributed by atoms with Gasteiger partial charge in [0.15, 0.2) is 0 Å². The van der Waals surface area contributed by atoms with Gasteiger partial charge in [0.25, 0.3) is 0 Å². The standard InChI is InChI=1S/C55H46N2/c1-41-21-23-43(24-22-41)45-27-35-51(36-28-45)57(49-17-9-4-10-18-49)53-39-31-47(32-40-53)55-20-12-11-19-54(55)46-29-37-52(38-30-46)56(48-15-7-3-8-16-48)50-33-25-44(26-34-50)42-13-5-2-6-14-42/h2-17,19-25,27-40,44,49H,18,26H2,1H3. The summed E-state index contributed by atoms with van der Waals surface area (Å²) in [7, 11) is 0. The Kier molecular flexibility index (Phi) is 10.3. The van der Waals surface area contributed by atoms with Crippen LogP contribution in [0.5, 0.6) is 0 Å². The highest BCUT2D eigenvalue weighted by Crippen LogP contribution is 2.39. The van der Waals surface area contributed by atoms with Crippen LogP contribution in [0.1, 0.15) is 29.9 Å². The maximum Gasteiger partial charge on any atom is 0.0559 e. The third-order valence-electron chi connectivity index (χ3n) is 11.2. The summed E-state index contributed by atoms with van der Waals surface area (Å²) in [5.41, 5.74) is 15.8. The Labute approximate surface area is 337 Å². The highest BCUT2D eigenvalue weighted by atomic mass is 15.2. The van der Waals surface area contributed by atoms with Gasteiger partial charge in [-0.1, -0.05) is 175 Å². The van der Waals surface area contributed by atoms with Crippen molar-refractivity contribution in [3.8, 4) is 33.4 Å². The smallest absolute Gasteiger partial charge is 0.0559 e. The van der Waals surface area contributed by atoms with E-state index in [1.807, 2.05) is 0 Å². The molecule has 7 aromatic rings. The molecule has 2 unspecified atom stereocenters. The lowest BCUT2D eigenvalue weighted by molar-refractivity contribution is 0.785. The first-order valence-corrected chi connectivity index (χ1v) is 20.1. The molecular formula is C55H46N2. The summed E-state index contributed by atoms with van der Waals surface area (Å²) in [5, 5.41) is 0. The van der Waals surface area contributed by atoms with Gasteiger partial charge in [-0.05, 0) is 113 Å². The van der Waals surface area contributed by atoms with Crippen LogP contribution in [0.3, 0.4) is 0 Å². The third kappa shape index (κ3) is 7.81. The maximum atomic E-state index is 2.46. The summed E-state index contributed by atoms with van der Waals surface area (Å²) in [6, 6.07) is 66.4. The molecule has 2 atom stereocenters. The van der Waals surface area contributed by atoms with Crippen molar-refractivity contribution in [2.24, 2.45) is 0 Å². The fourth-order valence-electron chi connectivity index (χ4n) is 8.18. The minimum atomic E-state index is 0.234. The zero-order chi connectivity index (χ0) is 38.4. The van der Waals surface area contributed by atoms with Crippen LogP contribution in [0.25, 0.3) is 33.4 Å². The SMILES string of the molecule is Cc1ccc(-c2ccc(N(c3ccc(-c4ccccc4-c4ccc(N(C5=CCC(c6ccccc6)C=C5)c5ccccc5)cc4)cc3)C3C=CC=CC3)cc2)cc1. The van der Waals surface area contributed by atoms with Crippen molar-refractivity contribution >= 4 is 22.7 Å². The lowest BCUT2D eigenvalue weighted by atomic mass is 9.91. The van der Waals surface area contributed by atoms with Crippen LogP contribution in [-0.4, -0.2) is 6.04 Å². The Hall–Kier alpha value is -6.90. The number of allylic oxidation sites excluding steroid dienone is 5. The van der Waals surface area contributed by atoms with E-state index in [2.05, 4.69) is 241 Å². The van der Waals surface area contributed by atoms with E-state index in [4.69, 9.17) is 0 Å². The molecule has 0 radical (unpaired) electrons. The van der Waals surface area contributed by atoms with Crippen LogP contribution >= 0.6 is 0 Å². The largest absolute Gasteiger partial charge is 0.334 e. The summed E-state index contributed by atoms with van der Waals surface area (Å²) in [4.78, 5) is 4.83. The molecule has 0 bridgehead atoms. The Morgan fingerprint density at radius 2 is 0.947 bits per heavy atom. The number of hydrogen-bond donors (Lipinski definition) is 0. The lowest BCUT2D eigenvalue weighted by Crippen LogP contribution is -2.29. The van der Waals surface area contributed by atoms with E-state index >= 15 is 0 Å². The molecule has 2 nitrogen and oxygen atoms in total. The van der Waals surface area contributed by atoms with E-state index in [1.165, 1.54) is 61.6 Å². The molecular weight excluding hydrogens is 689 g/mol. The summed E-state index contributed by atoms with van der Waals surface area (Å²) in [6.07, 6.45) is 17.8. The minimum absolute atomic E-state index is 0.234. The van der Waals surface area contributed by atoms with E-state index in [-0.39, 0.29) is 6.04 Å². The van der Waals surface area contributed by atoms with Crippen LogP contribution in [0.2, 0.25) is 0 Å². The molecule has 7 aromatic carbocycles. The zero-order valence-corrected chi connectivity index (χ0v) is 32.3. The highest BCUT2D eigenvalue weighted by Gasteiger charge is 2.21. The Bertz CT molecular complexity index is 2540. The molecule has 0 saturated heterocycles. The zero-order valence-electron chi connectivity index (χ0n) is 32.3. The number of hydrogen-bond acceptors (Lipinski definition) is 2. The maximum absolute atomic E-state index is 2.46. The van der Waals surface area contributed by atoms with Crippen LogP contribution in [0.15, 0.2) is 230 Å². The van der Waals surface area contributed by atoms with E-state index < -0.39 is 0 Å². The summed E-state index contributed by atoms with van der Waals surface area (Å²) >= 11 is 0. The van der Waals surface area contributed by atoms with Crippen LogP contribution in [-0.2, 0) is 0 Å². The fourth-order valence-corrected chi connectivity index (χ4v) is 8.18. The van der Waals surface area contributed by atoms with Gasteiger partial charge in [0.05, 0.1) is 6.04 Å². The van der Waals surface area contributed by atoms with E-state index in [9.17, 15) is 0 Å². The molecule has 2 aliphatic rings. The predicted octanol–water partition coefficient (Wildman–Crippen LogP) is 14.8. The lowest BCUT2D eigenvalue weighted by Gasteiger charge is -2.33. The topological polar surface area (TPSA) is 6.48 Å². The Balaban J connectivity index is 0.990. The summed E-state index contributed by atoms with van der Waals surface area (Å²) < 4.78 is 0. The summed E-state index contributed by atoms with van der Waals surface area (Å²) in [5.74, 6) is 0.390. The molecule has 0 fully saturated rings. The normalized spacial score (nSPS) is 15.9. The molecule has 0 amide bonds. The van der Waals surface area contributed by atoms with Crippen molar-refractivity contribution in [3.63, 3.8) is 0 Å². The van der Waals surface area contributed by atoms with Crippen LogP contribution in [0, 0.1) is 6.92 Å². The third-order valence-corrected chi connectivity index (χ3v) is 11.2. The van der Waals surface area contributed by atoms with Gasteiger partial charge in [0.1, 0.15) is 0 Å². The Morgan fingerprint density at radius 1 is 0.439 bits per heavy atom. The molecule has 0 aromatic heterocycles. The minimum Gasteiger partial charge on any atom is -0.334 e. The van der Waals surface area contributed by atoms with E-state index in [0.29, 0.717) is 5.92 Å². The van der Waals surface area contributed by atoms with Gasteiger partial charge in [0, 0.05) is 34.4 Å². The number of nitrogens with zero attached hydrogens (tertiary/aromatic N) is 2. The monoisotopic (exact) mass is 734 g/mol. The number of anilines is 4. The van der Waals surface area contributed by atoms with Gasteiger partial charge < -0.3 is 9.80 Å². The molecule has 57 heavy (non-hydrogen) atoms. The van der Waals surface area contributed by atoms with E-state index in [0.717, 1.165) is 24.2 Å². The molecule has 0 aliphatic heterocycles. The fraction of sp³-hybridized carbons (Fsp3) is 0.0909. The first-order valence-electron chi connectivity index (χ1n) is 20.1. The molecule has 0 spiro atoms. The van der Waals surface area contributed by atoms with Gasteiger partial charge in [0.2, 0.25) is 0 Å². The average Bonchev–Trinajstić information content (AvgIpc) is 3.29. The molecule has 9 rings (SSSR count). The van der Waals surface area contributed by atoms with Crippen molar-refractivity contribution in [3.05, 3.63) is 241 Å². The second-order valence-electron chi connectivity index (χ2n) is 15.0. The number of benzene rings is 7. The quantitative estimate of drug-likeness (QED) is 0.138. The van der Waals surface area contributed by atoms with Gasteiger partial charge in [-0.15, -0.1) is 0 Å². The summed E-state index contributed by atoms with van der Waals surface area (Å²) in [6.45, 7) is 2.13. The van der Waals surface area contributed by atoms with Crippen molar-refractivity contribution < 1.29 is 0 Å². The van der Waals surface area contributed by atoms with Gasteiger partial charge in [-0.25, -0.2) is 0 Å². The van der Waals surface area contributed by atoms with Crippen molar-refractivity contribution in [2.75, 3.05) is 9.80 Å². The van der Waals surface area contributed by atoms with Gasteiger partial charge in [-0.3, -0.25) is 0 Å². The average molecular weight is 735 g/mol. The van der Waals surface area contributed by atoms with Gasteiger partial charge in [-0.2, -0.15) is 0 Å². The van der Waals surface area contributed by atoms with Crippen LogP contribution in [0.4, 0.5) is 22.7 Å². The molecule has 0 heterocycles. The number of aryl methyl sites for hydroxylation is 1. The first kappa shape index (κ1) is 35.8. The van der Waals surface area contributed by atoms with Crippen molar-refractivity contribution in [1.29, 1.82) is 0 Å². The van der Waals surface area contributed by atoms with Crippen LogP contribution < -0.4 is 9.80 Å². The van der Waals surface area contributed by atoms with Crippen molar-refractivity contribution in [1.82, 2.24) is 0 Å². The second-order valence-corrected chi connectivity index (χ2v) is 15.0. The first-order chi connectivity index (χ1) is 28.2.